The molecule has 2 N–H and O–H groups in total. The highest BCUT2D eigenvalue weighted by Gasteiger charge is 2.42. The molecule has 2 atom stereocenters. The van der Waals surface area contributed by atoms with Crippen LogP contribution in [-0.2, 0) is 11.2 Å². The number of hydrogen-bond acceptors (Lipinski definition) is 3. The number of benzene rings is 2. The number of thiocarbonyl (C=S) groups is 1. The molecule has 0 bridgehead atoms. The van der Waals surface area contributed by atoms with Crippen molar-refractivity contribution in [2.75, 3.05) is 10.2 Å². The molecule has 6 nitrogen and oxygen atoms in total. The molecule has 0 unspecified atom stereocenters. The Morgan fingerprint density at radius 1 is 1.02 bits per heavy atom. The third-order valence-electron chi connectivity index (χ3n) is 8.08. The summed E-state index contributed by atoms with van der Waals surface area (Å²) < 4.78 is 2.40. The summed E-state index contributed by atoms with van der Waals surface area (Å²) in [5.74, 6) is -0.0907. The van der Waals surface area contributed by atoms with Crippen molar-refractivity contribution in [3.63, 3.8) is 0 Å². The molecule has 212 valence electrons. The first-order chi connectivity index (χ1) is 19.6. The quantitative estimate of drug-likeness (QED) is 0.228. The topological polar surface area (TPSA) is 62.2 Å². The molecule has 5 rings (SSSR count). The maximum absolute atomic E-state index is 12.4. The minimum absolute atomic E-state index is 0.00222. The van der Waals surface area contributed by atoms with E-state index in [1.807, 2.05) is 51.2 Å². The summed E-state index contributed by atoms with van der Waals surface area (Å²) >= 11 is 6.00. The van der Waals surface area contributed by atoms with Crippen LogP contribution in [0.4, 0.5) is 11.4 Å². The van der Waals surface area contributed by atoms with E-state index in [2.05, 4.69) is 84.2 Å². The van der Waals surface area contributed by atoms with Crippen LogP contribution < -0.4 is 15.5 Å². The Morgan fingerprint density at radius 2 is 1.80 bits per heavy atom. The van der Waals surface area contributed by atoms with E-state index in [1.165, 1.54) is 33.8 Å². The monoisotopic (exact) mass is 565 g/mol. The van der Waals surface area contributed by atoms with Crippen molar-refractivity contribution in [2.24, 2.45) is 5.92 Å². The van der Waals surface area contributed by atoms with Crippen LogP contribution in [0.5, 0.6) is 0 Å². The van der Waals surface area contributed by atoms with Crippen molar-refractivity contribution in [3.05, 3.63) is 106 Å². The number of pyridine rings is 1. The fraction of sp³-hybridized carbons (Fsp3) is 0.324. The zero-order valence-electron chi connectivity index (χ0n) is 24.9. The SMILES string of the molecule is CCc1cccc(C)c1-n1c(C)cc([C@H]2[C@@H](c3ccccn3)NC(=S)N2c2ccc(NC(=O)C(C)C)c(C)c2)c1C. The molecule has 4 aromatic rings. The zero-order chi connectivity index (χ0) is 29.4. The van der Waals surface area contributed by atoms with E-state index >= 15 is 0 Å². The molecule has 2 aromatic heterocycles. The lowest BCUT2D eigenvalue weighted by Gasteiger charge is -2.29. The molecule has 0 saturated carbocycles. The van der Waals surface area contributed by atoms with Gasteiger partial charge >= 0.3 is 0 Å². The highest BCUT2D eigenvalue weighted by molar-refractivity contribution is 7.80. The Labute approximate surface area is 248 Å². The van der Waals surface area contributed by atoms with E-state index in [1.54, 1.807) is 0 Å². The van der Waals surface area contributed by atoms with Crippen molar-refractivity contribution in [1.29, 1.82) is 0 Å². The van der Waals surface area contributed by atoms with Crippen LogP contribution in [-0.4, -0.2) is 20.6 Å². The maximum atomic E-state index is 12.4. The van der Waals surface area contributed by atoms with Crippen LogP contribution in [0.15, 0.2) is 66.9 Å². The van der Waals surface area contributed by atoms with Gasteiger partial charge in [0.15, 0.2) is 5.11 Å². The van der Waals surface area contributed by atoms with Gasteiger partial charge in [0.2, 0.25) is 5.91 Å². The van der Waals surface area contributed by atoms with Gasteiger partial charge in [-0.15, -0.1) is 0 Å². The van der Waals surface area contributed by atoms with Crippen LogP contribution in [0.2, 0.25) is 0 Å². The fourth-order valence-corrected chi connectivity index (χ4v) is 6.27. The van der Waals surface area contributed by atoms with Gasteiger partial charge in [-0.25, -0.2) is 0 Å². The minimum atomic E-state index is -0.138. The van der Waals surface area contributed by atoms with E-state index in [-0.39, 0.29) is 23.9 Å². The number of carbonyl (C=O) groups excluding carboxylic acids is 1. The maximum Gasteiger partial charge on any atom is 0.226 e. The minimum Gasteiger partial charge on any atom is -0.351 e. The van der Waals surface area contributed by atoms with E-state index in [0.717, 1.165) is 29.1 Å². The first kappa shape index (κ1) is 28.6. The molecule has 0 radical (unpaired) electrons. The van der Waals surface area contributed by atoms with Gasteiger partial charge in [0, 0.05) is 34.9 Å². The largest absolute Gasteiger partial charge is 0.351 e. The average molecular weight is 566 g/mol. The second-order valence-corrected chi connectivity index (χ2v) is 11.6. The molecule has 0 aliphatic carbocycles. The number of rotatable bonds is 7. The second kappa shape index (κ2) is 11.5. The lowest BCUT2D eigenvalue weighted by Crippen LogP contribution is -2.29. The Bertz CT molecular complexity index is 1610. The highest BCUT2D eigenvalue weighted by atomic mass is 32.1. The standard InChI is InChI=1S/C34H39N5OS/c1-8-25-13-11-12-21(4)31(25)38-23(6)19-27(24(38)7)32-30(29-14-9-10-17-35-29)37-34(41)39(32)26-15-16-28(22(5)18-26)36-33(40)20(2)3/h9-20,30,32H,8H2,1-7H3,(H,36,40)(H,37,41)/t30-,32+/m1/s1. The van der Waals surface area contributed by atoms with Gasteiger partial charge in [0.1, 0.15) is 0 Å². The molecule has 0 spiro atoms. The zero-order valence-corrected chi connectivity index (χ0v) is 25.8. The molecule has 1 amide bonds. The number of aryl methyl sites for hydroxylation is 4. The van der Waals surface area contributed by atoms with Gasteiger partial charge in [0.25, 0.3) is 0 Å². The first-order valence-corrected chi connectivity index (χ1v) is 14.7. The van der Waals surface area contributed by atoms with E-state index in [9.17, 15) is 4.79 Å². The first-order valence-electron chi connectivity index (χ1n) is 14.3. The Balaban J connectivity index is 1.65. The van der Waals surface area contributed by atoms with E-state index < -0.39 is 0 Å². The molecule has 7 heteroatoms. The molecular weight excluding hydrogens is 526 g/mol. The van der Waals surface area contributed by atoms with Crippen LogP contribution in [0.25, 0.3) is 5.69 Å². The molecule has 2 aromatic carbocycles. The van der Waals surface area contributed by atoms with Crippen molar-refractivity contribution in [3.8, 4) is 5.69 Å². The predicted octanol–water partition coefficient (Wildman–Crippen LogP) is 7.44. The molecule has 1 aliphatic heterocycles. The van der Waals surface area contributed by atoms with E-state index in [4.69, 9.17) is 17.2 Å². The van der Waals surface area contributed by atoms with Gasteiger partial charge in [-0.2, -0.15) is 0 Å². The number of anilines is 2. The molecule has 41 heavy (non-hydrogen) atoms. The summed E-state index contributed by atoms with van der Waals surface area (Å²) in [6, 6.07) is 20.7. The summed E-state index contributed by atoms with van der Waals surface area (Å²) in [5, 5.41) is 7.30. The Kier molecular flexibility index (Phi) is 8.00. The van der Waals surface area contributed by atoms with Gasteiger partial charge < -0.3 is 20.1 Å². The third-order valence-corrected chi connectivity index (χ3v) is 8.40. The molecule has 1 fully saturated rings. The summed E-state index contributed by atoms with van der Waals surface area (Å²) in [6.07, 6.45) is 2.79. The normalized spacial score (nSPS) is 16.8. The number of amides is 1. The van der Waals surface area contributed by atoms with Gasteiger partial charge in [-0.3, -0.25) is 9.78 Å². The predicted molar refractivity (Wildman–Crippen MR) is 172 cm³/mol. The number of carbonyl (C=O) groups is 1. The number of aromatic nitrogens is 2. The van der Waals surface area contributed by atoms with E-state index in [0.29, 0.717) is 5.11 Å². The van der Waals surface area contributed by atoms with Crippen molar-refractivity contribution >= 4 is 34.6 Å². The van der Waals surface area contributed by atoms with Crippen LogP contribution in [0, 0.1) is 33.6 Å². The molecular formula is C34H39N5OS. The number of para-hydroxylation sites is 1. The van der Waals surface area contributed by atoms with Gasteiger partial charge in [-0.1, -0.05) is 45.0 Å². The number of hydrogen-bond donors (Lipinski definition) is 2. The smallest absolute Gasteiger partial charge is 0.226 e. The van der Waals surface area contributed by atoms with Crippen molar-refractivity contribution < 1.29 is 4.79 Å². The van der Waals surface area contributed by atoms with Crippen molar-refractivity contribution in [2.45, 2.75) is 67.0 Å². The Morgan fingerprint density at radius 3 is 2.46 bits per heavy atom. The molecule has 3 heterocycles. The summed E-state index contributed by atoms with van der Waals surface area (Å²) in [5.41, 5.74) is 11.1. The summed E-state index contributed by atoms with van der Waals surface area (Å²) in [7, 11) is 0. The van der Waals surface area contributed by atoms with Crippen molar-refractivity contribution in [1.82, 2.24) is 14.9 Å². The average Bonchev–Trinajstić information content (AvgIpc) is 3.44. The summed E-state index contributed by atoms with van der Waals surface area (Å²) in [4.78, 5) is 19.3. The highest BCUT2D eigenvalue weighted by Crippen LogP contribution is 2.44. The van der Waals surface area contributed by atoms with Gasteiger partial charge in [0.05, 0.1) is 23.5 Å². The van der Waals surface area contributed by atoms with Gasteiger partial charge in [-0.05, 0) is 105 Å². The number of nitrogens with one attached hydrogen (secondary N) is 2. The van der Waals surface area contributed by atoms with Crippen LogP contribution in [0.1, 0.15) is 72.2 Å². The van der Waals surface area contributed by atoms with Crippen LogP contribution in [0.3, 0.4) is 0 Å². The Hall–Kier alpha value is -3.97. The number of nitrogens with zero attached hydrogens (tertiary/aromatic N) is 3. The third kappa shape index (κ3) is 5.26. The lowest BCUT2D eigenvalue weighted by atomic mass is 9.96. The molecule has 1 aliphatic rings. The molecule has 1 saturated heterocycles. The second-order valence-electron chi connectivity index (χ2n) is 11.2. The summed E-state index contributed by atoms with van der Waals surface area (Å²) in [6.45, 7) is 14.6. The fourth-order valence-electron chi connectivity index (χ4n) is 5.92. The van der Waals surface area contributed by atoms with Crippen LogP contribution >= 0.6 is 12.2 Å². The lowest BCUT2D eigenvalue weighted by molar-refractivity contribution is -0.118.